The number of carbonyl (C=O) groups excluding carboxylic acids is 3. The topological polar surface area (TPSA) is 81.8 Å². The fraction of sp³-hybridized carbons (Fsp3) is 0.318. The van der Waals surface area contributed by atoms with Crippen LogP contribution >= 0.6 is 0 Å². The van der Waals surface area contributed by atoms with Gasteiger partial charge in [-0.05, 0) is 70.2 Å². The Bertz CT molecular complexity index is 934. The van der Waals surface area contributed by atoms with E-state index >= 15 is 0 Å². The summed E-state index contributed by atoms with van der Waals surface area (Å²) >= 11 is 0. The molecule has 1 heterocycles. The van der Waals surface area contributed by atoms with Crippen molar-refractivity contribution in [2.45, 2.75) is 33.7 Å². The molecule has 0 unspecified atom stereocenters. The van der Waals surface area contributed by atoms with Gasteiger partial charge >= 0.3 is 6.03 Å². The quantitative estimate of drug-likeness (QED) is 0.720. The summed E-state index contributed by atoms with van der Waals surface area (Å²) in [6.45, 7) is 9.60. The second-order valence-corrected chi connectivity index (χ2v) is 7.13. The molecule has 0 aromatic heterocycles. The van der Waals surface area contributed by atoms with Crippen molar-refractivity contribution < 1.29 is 14.4 Å². The van der Waals surface area contributed by atoms with E-state index < -0.39 is 6.03 Å². The average molecular weight is 394 g/mol. The summed E-state index contributed by atoms with van der Waals surface area (Å²) < 4.78 is 0. The SMILES string of the molecule is CCN(CC)c1ccc(NC(=O)Nc2ccc3c(c2)C(=O)N(C(C)C)C3=O)cc1. The van der Waals surface area contributed by atoms with Gasteiger partial charge in [0.25, 0.3) is 11.8 Å². The highest BCUT2D eigenvalue weighted by Crippen LogP contribution is 2.27. The first-order valence-electron chi connectivity index (χ1n) is 9.80. The molecule has 1 aliphatic heterocycles. The van der Waals surface area contributed by atoms with Crippen molar-refractivity contribution in [3.8, 4) is 0 Å². The van der Waals surface area contributed by atoms with E-state index in [0.29, 0.717) is 22.5 Å². The molecule has 3 rings (SSSR count). The minimum atomic E-state index is -0.418. The summed E-state index contributed by atoms with van der Waals surface area (Å²) in [7, 11) is 0. The van der Waals surface area contributed by atoms with E-state index in [1.807, 2.05) is 24.3 Å². The van der Waals surface area contributed by atoms with Crippen LogP contribution in [0.3, 0.4) is 0 Å². The normalized spacial score (nSPS) is 12.9. The zero-order valence-corrected chi connectivity index (χ0v) is 17.2. The van der Waals surface area contributed by atoms with Gasteiger partial charge in [-0.1, -0.05) is 0 Å². The maximum Gasteiger partial charge on any atom is 0.323 e. The number of rotatable bonds is 6. The molecule has 152 valence electrons. The third kappa shape index (κ3) is 4.08. The molecule has 2 aromatic rings. The van der Waals surface area contributed by atoms with Crippen molar-refractivity contribution in [2.24, 2.45) is 0 Å². The lowest BCUT2D eigenvalue weighted by atomic mass is 10.1. The number of hydrogen-bond donors (Lipinski definition) is 2. The molecule has 7 nitrogen and oxygen atoms in total. The molecule has 29 heavy (non-hydrogen) atoms. The number of urea groups is 1. The Morgan fingerprint density at radius 2 is 1.45 bits per heavy atom. The first kappa shape index (κ1) is 20.4. The van der Waals surface area contributed by atoms with Crippen LogP contribution in [0.15, 0.2) is 42.5 Å². The van der Waals surface area contributed by atoms with Gasteiger partial charge in [0.1, 0.15) is 0 Å². The summed E-state index contributed by atoms with van der Waals surface area (Å²) in [6.07, 6.45) is 0. The third-order valence-electron chi connectivity index (χ3n) is 4.95. The second kappa shape index (κ2) is 8.34. The first-order chi connectivity index (χ1) is 13.8. The van der Waals surface area contributed by atoms with Gasteiger partial charge in [0.15, 0.2) is 0 Å². The van der Waals surface area contributed by atoms with Crippen LogP contribution in [0.25, 0.3) is 0 Å². The Kier molecular flexibility index (Phi) is 5.87. The van der Waals surface area contributed by atoms with E-state index in [0.717, 1.165) is 18.8 Å². The monoisotopic (exact) mass is 394 g/mol. The molecule has 2 aromatic carbocycles. The number of imide groups is 1. The Labute approximate surface area is 170 Å². The number of nitrogens with one attached hydrogen (secondary N) is 2. The molecule has 0 fully saturated rings. The van der Waals surface area contributed by atoms with Crippen molar-refractivity contribution >= 4 is 34.9 Å². The van der Waals surface area contributed by atoms with Crippen LogP contribution in [0, 0.1) is 0 Å². The lowest BCUT2D eigenvalue weighted by molar-refractivity contribution is 0.0609. The molecule has 1 aliphatic rings. The molecule has 0 radical (unpaired) electrons. The molecule has 0 bridgehead atoms. The molecule has 4 amide bonds. The summed E-state index contributed by atoms with van der Waals surface area (Å²) in [5.74, 6) is -0.639. The van der Waals surface area contributed by atoms with Crippen molar-refractivity contribution in [3.05, 3.63) is 53.6 Å². The second-order valence-electron chi connectivity index (χ2n) is 7.13. The van der Waals surface area contributed by atoms with Gasteiger partial charge in [-0.15, -0.1) is 0 Å². The highest BCUT2D eigenvalue weighted by atomic mass is 16.2. The fourth-order valence-corrected chi connectivity index (χ4v) is 3.44. The molecular weight excluding hydrogens is 368 g/mol. The van der Waals surface area contributed by atoms with E-state index in [1.54, 1.807) is 32.0 Å². The number of nitrogens with zero attached hydrogens (tertiary/aromatic N) is 2. The molecule has 0 atom stereocenters. The van der Waals surface area contributed by atoms with Gasteiger partial charge < -0.3 is 15.5 Å². The zero-order chi connectivity index (χ0) is 21.1. The first-order valence-corrected chi connectivity index (χ1v) is 9.80. The number of fused-ring (bicyclic) bond motifs is 1. The molecular formula is C22H26N4O3. The predicted octanol–water partition coefficient (Wildman–Crippen LogP) is 4.18. The third-order valence-corrected chi connectivity index (χ3v) is 4.95. The molecule has 0 spiro atoms. The Morgan fingerprint density at radius 3 is 2.03 bits per heavy atom. The molecule has 2 N–H and O–H groups in total. The zero-order valence-electron chi connectivity index (χ0n) is 17.2. The van der Waals surface area contributed by atoms with Gasteiger partial charge in [-0.2, -0.15) is 0 Å². The van der Waals surface area contributed by atoms with Crippen molar-refractivity contribution in [2.75, 3.05) is 28.6 Å². The lowest BCUT2D eigenvalue weighted by Gasteiger charge is -2.21. The van der Waals surface area contributed by atoms with Crippen molar-refractivity contribution in [3.63, 3.8) is 0 Å². The summed E-state index contributed by atoms with van der Waals surface area (Å²) in [5.41, 5.74) is 2.88. The Balaban J connectivity index is 1.68. The van der Waals surface area contributed by atoms with Crippen LogP contribution in [0.2, 0.25) is 0 Å². The van der Waals surface area contributed by atoms with Crippen LogP contribution in [-0.2, 0) is 0 Å². The largest absolute Gasteiger partial charge is 0.372 e. The van der Waals surface area contributed by atoms with Crippen molar-refractivity contribution in [1.82, 2.24) is 4.90 Å². The number of benzene rings is 2. The Hall–Kier alpha value is -3.35. The highest BCUT2D eigenvalue weighted by molar-refractivity contribution is 6.22. The van der Waals surface area contributed by atoms with E-state index in [4.69, 9.17) is 0 Å². The average Bonchev–Trinajstić information content (AvgIpc) is 2.94. The van der Waals surface area contributed by atoms with Gasteiger partial charge in [0.05, 0.1) is 11.1 Å². The van der Waals surface area contributed by atoms with Crippen LogP contribution in [-0.4, -0.2) is 41.9 Å². The van der Waals surface area contributed by atoms with E-state index in [2.05, 4.69) is 29.4 Å². The number of hydrogen-bond acceptors (Lipinski definition) is 4. The molecule has 0 saturated heterocycles. The minimum Gasteiger partial charge on any atom is -0.372 e. The maximum atomic E-state index is 12.5. The fourth-order valence-electron chi connectivity index (χ4n) is 3.44. The van der Waals surface area contributed by atoms with Gasteiger partial charge in [-0.25, -0.2) is 4.79 Å². The predicted molar refractivity (Wildman–Crippen MR) is 115 cm³/mol. The van der Waals surface area contributed by atoms with E-state index in [-0.39, 0.29) is 17.9 Å². The molecule has 0 aliphatic carbocycles. The Morgan fingerprint density at radius 1 is 0.897 bits per heavy atom. The van der Waals surface area contributed by atoms with Gasteiger partial charge in [0, 0.05) is 36.2 Å². The minimum absolute atomic E-state index is 0.221. The molecule has 0 saturated carbocycles. The number of amides is 4. The van der Waals surface area contributed by atoms with Crippen LogP contribution in [0.5, 0.6) is 0 Å². The van der Waals surface area contributed by atoms with Gasteiger partial charge in [0.2, 0.25) is 0 Å². The van der Waals surface area contributed by atoms with Gasteiger partial charge in [-0.3, -0.25) is 14.5 Å². The summed E-state index contributed by atoms with van der Waals surface area (Å²) in [4.78, 5) is 40.6. The van der Waals surface area contributed by atoms with E-state index in [9.17, 15) is 14.4 Å². The van der Waals surface area contributed by atoms with Crippen LogP contribution in [0.4, 0.5) is 21.9 Å². The number of anilines is 3. The highest BCUT2D eigenvalue weighted by Gasteiger charge is 2.37. The van der Waals surface area contributed by atoms with Crippen LogP contribution in [0.1, 0.15) is 48.4 Å². The molecule has 7 heteroatoms. The summed E-state index contributed by atoms with van der Waals surface area (Å²) in [5, 5.41) is 5.49. The smallest absolute Gasteiger partial charge is 0.323 e. The van der Waals surface area contributed by atoms with Crippen LogP contribution < -0.4 is 15.5 Å². The van der Waals surface area contributed by atoms with Crippen molar-refractivity contribution in [1.29, 1.82) is 0 Å². The lowest BCUT2D eigenvalue weighted by Crippen LogP contribution is -2.35. The summed E-state index contributed by atoms with van der Waals surface area (Å²) in [6, 6.07) is 11.7. The van der Waals surface area contributed by atoms with E-state index in [1.165, 1.54) is 4.90 Å². The maximum absolute atomic E-state index is 12.5. The standard InChI is InChI=1S/C22H26N4O3/c1-5-25(6-2)17-10-7-15(8-11-17)23-22(29)24-16-9-12-18-19(13-16)21(28)26(14(3)4)20(18)27/h7-14H,5-6H2,1-4H3,(H2,23,24,29). The number of carbonyl (C=O) groups is 3.